The Kier molecular flexibility index (Phi) is 2.11. The van der Waals surface area contributed by atoms with Crippen LogP contribution in [0.25, 0.3) is 0 Å². The Morgan fingerprint density at radius 3 is 2.67 bits per heavy atom. The number of halogens is 1. The molecule has 1 aliphatic rings. The zero-order valence-corrected chi connectivity index (χ0v) is 7.04. The fourth-order valence-electron chi connectivity index (χ4n) is 1.86. The molecule has 0 unspecified atom stereocenters. The minimum atomic E-state index is -0.222. The molecular weight excluding hydrogens is 155 g/mol. The van der Waals surface area contributed by atoms with Crippen LogP contribution in [0.4, 0.5) is 4.39 Å². The fourth-order valence-corrected chi connectivity index (χ4v) is 1.86. The molecule has 1 aliphatic carbocycles. The van der Waals surface area contributed by atoms with Gasteiger partial charge < -0.3 is 0 Å². The molecule has 0 atom stereocenters. The number of rotatable bonds is 1. The molecule has 1 aromatic rings. The zero-order valence-electron chi connectivity index (χ0n) is 7.04. The van der Waals surface area contributed by atoms with Crippen LogP contribution >= 0.6 is 0 Å². The van der Waals surface area contributed by atoms with E-state index in [1.54, 1.807) is 4.68 Å². The SMILES string of the molecule is Fc1cnn(C2CCCCC2)c1. The number of hydrogen-bond donors (Lipinski definition) is 0. The Balaban J connectivity index is 2.08. The molecule has 12 heavy (non-hydrogen) atoms. The summed E-state index contributed by atoms with van der Waals surface area (Å²) in [5, 5.41) is 3.98. The highest BCUT2D eigenvalue weighted by atomic mass is 19.1. The maximum Gasteiger partial charge on any atom is 0.161 e. The first kappa shape index (κ1) is 7.77. The van der Waals surface area contributed by atoms with Gasteiger partial charge in [0.25, 0.3) is 0 Å². The van der Waals surface area contributed by atoms with Gasteiger partial charge in [-0.05, 0) is 12.8 Å². The van der Waals surface area contributed by atoms with Gasteiger partial charge in [0.1, 0.15) is 0 Å². The highest BCUT2D eigenvalue weighted by molar-refractivity contribution is 4.87. The van der Waals surface area contributed by atoms with Crippen molar-refractivity contribution in [2.24, 2.45) is 0 Å². The second kappa shape index (κ2) is 3.25. The van der Waals surface area contributed by atoms with Crippen LogP contribution in [0.1, 0.15) is 38.1 Å². The summed E-state index contributed by atoms with van der Waals surface area (Å²) in [6.07, 6.45) is 8.92. The molecule has 0 aliphatic heterocycles. The normalized spacial score (nSPS) is 19.8. The lowest BCUT2D eigenvalue weighted by Crippen LogP contribution is -2.12. The van der Waals surface area contributed by atoms with Crippen molar-refractivity contribution in [2.45, 2.75) is 38.1 Å². The molecule has 1 aromatic heterocycles. The predicted octanol–water partition coefficient (Wildman–Crippen LogP) is 2.53. The van der Waals surface area contributed by atoms with Crippen molar-refractivity contribution in [1.29, 1.82) is 0 Å². The summed E-state index contributed by atoms with van der Waals surface area (Å²) >= 11 is 0. The minimum absolute atomic E-state index is 0.222. The maximum atomic E-state index is 12.6. The van der Waals surface area contributed by atoms with Crippen LogP contribution in [0.2, 0.25) is 0 Å². The molecular formula is C9H13FN2. The first-order valence-corrected chi connectivity index (χ1v) is 4.56. The van der Waals surface area contributed by atoms with Crippen LogP contribution in [-0.2, 0) is 0 Å². The molecule has 0 amide bonds. The minimum Gasteiger partial charge on any atom is -0.267 e. The van der Waals surface area contributed by atoms with Crippen molar-refractivity contribution in [3.8, 4) is 0 Å². The summed E-state index contributed by atoms with van der Waals surface area (Å²) in [6.45, 7) is 0. The molecule has 1 fully saturated rings. The standard InChI is InChI=1S/C9H13FN2/c10-8-6-11-12(7-8)9-4-2-1-3-5-9/h6-7,9H,1-5H2. The molecule has 0 saturated heterocycles. The summed E-state index contributed by atoms with van der Waals surface area (Å²) in [7, 11) is 0. The quantitative estimate of drug-likeness (QED) is 0.630. The van der Waals surface area contributed by atoms with Crippen LogP contribution in [0.5, 0.6) is 0 Å². The predicted molar refractivity (Wildman–Crippen MR) is 44.3 cm³/mol. The first-order chi connectivity index (χ1) is 5.86. The molecule has 0 aromatic carbocycles. The van der Waals surface area contributed by atoms with E-state index in [9.17, 15) is 4.39 Å². The summed E-state index contributed by atoms with van der Waals surface area (Å²) < 4.78 is 14.4. The van der Waals surface area contributed by atoms with Crippen LogP contribution in [-0.4, -0.2) is 9.78 Å². The molecule has 2 nitrogen and oxygen atoms in total. The topological polar surface area (TPSA) is 17.8 Å². The Hall–Kier alpha value is -0.860. The molecule has 1 heterocycles. The van der Waals surface area contributed by atoms with Gasteiger partial charge in [-0.25, -0.2) is 4.39 Å². The Morgan fingerprint density at radius 2 is 2.08 bits per heavy atom. The molecule has 1 saturated carbocycles. The molecule has 3 heteroatoms. The molecule has 0 spiro atoms. The average Bonchev–Trinajstić information content (AvgIpc) is 2.54. The fraction of sp³-hybridized carbons (Fsp3) is 0.667. The van der Waals surface area contributed by atoms with E-state index in [1.807, 2.05) is 0 Å². The number of hydrogen-bond acceptors (Lipinski definition) is 1. The van der Waals surface area contributed by atoms with Crippen LogP contribution in [0.15, 0.2) is 12.4 Å². The molecule has 0 radical (unpaired) electrons. The number of aromatic nitrogens is 2. The van der Waals surface area contributed by atoms with Gasteiger partial charge in [-0.3, -0.25) is 4.68 Å². The van der Waals surface area contributed by atoms with Gasteiger partial charge >= 0.3 is 0 Å². The average molecular weight is 168 g/mol. The molecule has 0 N–H and O–H groups in total. The van der Waals surface area contributed by atoms with Crippen LogP contribution in [0, 0.1) is 5.82 Å². The summed E-state index contributed by atoms with van der Waals surface area (Å²) in [5.41, 5.74) is 0. The first-order valence-electron chi connectivity index (χ1n) is 4.56. The Labute approximate surface area is 71.4 Å². The molecule has 2 rings (SSSR count). The largest absolute Gasteiger partial charge is 0.267 e. The van der Waals surface area contributed by atoms with Crippen molar-refractivity contribution in [1.82, 2.24) is 9.78 Å². The van der Waals surface area contributed by atoms with Crippen LogP contribution in [0.3, 0.4) is 0 Å². The van der Waals surface area contributed by atoms with Crippen LogP contribution < -0.4 is 0 Å². The lowest BCUT2D eigenvalue weighted by molar-refractivity contribution is 0.328. The highest BCUT2D eigenvalue weighted by Gasteiger charge is 2.15. The summed E-state index contributed by atoms with van der Waals surface area (Å²) in [6, 6.07) is 0.447. The molecule has 66 valence electrons. The maximum absolute atomic E-state index is 12.6. The van der Waals surface area contributed by atoms with Gasteiger partial charge in [-0.1, -0.05) is 19.3 Å². The van der Waals surface area contributed by atoms with Crippen molar-refractivity contribution in [3.05, 3.63) is 18.2 Å². The Bertz CT molecular complexity index is 251. The van der Waals surface area contributed by atoms with E-state index in [2.05, 4.69) is 5.10 Å². The van der Waals surface area contributed by atoms with Crippen molar-refractivity contribution >= 4 is 0 Å². The van der Waals surface area contributed by atoms with E-state index in [0.717, 1.165) is 12.8 Å². The van der Waals surface area contributed by atoms with Gasteiger partial charge in [0.2, 0.25) is 0 Å². The third-order valence-corrected chi connectivity index (χ3v) is 2.52. The van der Waals surface area contributed by atoms with E-state index in [-0.39, 0.29) is 5.82 Å². The van der Waals surface area contributed by atoms with Gasteiger partial charge in [0.15, 0.2) is 5.82 Å². The zero-order chi connectivity index (χ0) is 8.39. The molecule has 0 bridgehead atoms. The van der Waals surface area contributed by atoms with Gasteiger partial charge in [-0.2, -0.15) is 5.10 Å². The third-order valence-electron chi connectivity index (χ3n) is 2.52. The van der Waals surface area contributed by atoms with E-state index in [1.165, 1.54) is 31.7 Å². The second-order valence-corrected chi connectivity index (χ2v) is 3.43. The number of nitrogens with zero attached hydrogens (tertiary/aromatic N) is 2. The van der Waals surface area contributed by atoms with Crippen molar-refractivity contribution in [2.75, 3.05) is 0 Å². The van der Waals surface area contributed by atoms with E-state index in [0.29, 0.717) is 6.04 Å². The van der Waals surface area contributed by atoms with Crippen molar-refractivity contribution in [3.63, 3.8) is 0 Å². The van der Waals surface area contributed by atoms with Gasteiger partial charge in [0.05, 0.1) is 18.4 Å². The van der Waals surface area contributed by atoms with E-state index >= 15 is 0 Å². The lowest BCUT2D eigenvalue weighted by atomic mass is 9.96. The van der Waals surface area contributed by atoms with Gasteiger partial charge in [0, 0.05) is 0 Å². The highest BCUT2D eigenvalue weighted by Crippen LogP contribution is 2.27. The van der Waals surface area contributed by atoms with E-state index < -0.39 is 0 Å². The summed E-state index contributed by atoms with van der Waals surface area (Å²) in [4.78, 5) is 0. The van der Waals surface area contributed by atoms with Gasteiger partial charge in [-0.15, -0.1) is 0 Å². The lowest BCUT2D eigenvalue weighted by Gasteiger charge is -2.21. The third kappa shape index (κ3) is 1.49. The second-order valence-electron chi connectivity index (χ2n) is 3.43. The summed E-state index contributed by atoms with van der Waals surface area (Å²) in [5.74, 6) is -0.222. The monoisotopic (exact) mass is 168 g/mol. The van der Waals surface area contributed by atoms with E-state index in [4.69, 9.17) is 0 Å². The Morgan fingerprint density at radius 1 is 1.33 bits per heavy atom. The smallest absolute Gasteiger partial charge is 0.161 e. The van der Waals surface area contributed by atoms with Crippen molar-refractivity contribution < 1.29 is 4.39 Å².